The second-order valence-electron chi connectivity index (χ2n) is 5.11. The molecule has 1 aromatic heterocycles. The number of ether oxygens (including phenoxy) is 2. The van der Waals surface area contributed by atoms with Gasteiger partial charge in [0, 0.05) is 19.7 Å². The molecule has 1 aliphatic rings. The number of nitrogens with zero attached hydrogens (tertiary/aromatic N) is 2. The first-order chi connectivity index (χ1) is 10.6. The van der Waals surface area contributed by atoms with E-state index in [9.17, 15) is 4.79 Å². The van der Waals surface area contributed by atoms with E-state index >= 15 is 0 Å². The summed E-state index contributed by atoms with van der Waals surface area (Å²) in [6.45, 7) is 1.02. The molecule has 114 valence electrons. The molecule has 1 aromatic carbocycles. The minimum absolute atomic E-state index is 0.212. The lowest BCUT2D eigenvalue weighted by atomic mass is 10.2. The molecule has 0 aliphatic carbocycles. The van der Waals surface area contributed by atoms with Gasteiger partial charge in [-0.2, -0.15) is 0 Å². The fourth-order valence-corrected chi connectivity index (χ4v) is 2.11. The summed E-state index contributed by atoms with van der Waals surface area (Å²) in [5, 5.41) is 2.81. The Balaban J connectivity index is 1.74. The quantitative estimate of drug-likeness (QED) is 0.941. The van der Waals surface area contributed by atoms with Crippen LogP contribution in [0.4, 0.5) is 11.5 Å². The maximum atomic E-state index is 12.3. The van der Waals surface area contributed by atoms with Gasteiger partial charge in [-0.3, -0.25) is 4.79 Å². The number of hydrogen-bond acceptors (Lipinski definition) is 5. The number of pyridine rings is 1. The summed E-state index contributed by atoms with van der Waals surface area (Å²) < 4.78 is 10.9. The van der Waals surface area contributed by atoms with Crippen molar-refractivity contribution in [1.29, 1.82) is 0 Å². The highest BCUT2D eigenvalue weighted by Crippen LogP contribution is 2.30. The van der Waals surface area contributed by atoms with Crippen molar-refractivity contribution < 1.29 is 14.3 Å². The maximum absolute atomic E-state index is 12.3. The molecule has 0 fully saturated rings. The average molecular weight is 299 g/mol. The van der Waals surface area contributed by atoms with Crippen molar-refractivity contribution in [2.45, 2.75) is 0 Å². The van der Waals surface area contributed by atoms with Crippen LogP contribution in [-0.4, -0.2) is 38.2 Å². The average Bonchev–Trinajstić information content (AvgIpc) is 2.55. The van der Waals surface area contributed by atoms with E-state index in [0.29, 0.717) is 36.0 Å². The number of amides is 1. The molecule has 0 spiro atoms. The minimum atomic E-state index is -0.212. The first-order valence-corrected chi connectivity index (χ1v) is 6.98. The molecule has 2 aromatic rings. The first-order valence-electron chi connectivity index (χ1n) is 6.98. The lowest BCUT2D eigenvalue weighted by Crippen LogP contribution is -2.17. The van der Waals surface area contributed by atoms with Crippen LogP contribution >= 0.6 is 0 Å². The molecule has 0 saturated heterocycles. The van der Waals surface area contributed by atoms with Gasteiger partial charge in [0.25, 0.3) is 5.91 Å². The Labute approximate surface area is 128 Å². The van der Waals surface area contributed by atoms with E-state index in [1.165, 1.54) is 0 Å². The molecule has 0 bridgehead atoms. The molecule has 6 nitrogen and oxygen atoms in total. The largest absolute Gasteiger partial charge is 0.486 e. The Hall–Kier alpha value is -2.76. The lowest BCUT2D eigenvalue weighted by molar-refractivity contribution is 0.102. The zero-order valence-electron chi connectivity index (χ0n) is 12.5. The Morgan fingerprint density at radius 1 is 1.14 bits per heavy atom. The van der Waals surface area contributed by atoms with Gasteiger partial charge in [0.1, 0.15) is 19.0 Å². The van der Waals surface area contributed by atoms with E-state index in [4.69, 9.17) is 9.47 Å². The van der Waals surface area contributed by atoms with Gasteiger partial charge in [0.2, 0.25) is 0 Å². The SMILES string of the molecule is CN(C)c1ccc(NC(=O)c2ccc3c(c2)OCCO3)cn1. The van der Waals surface area contributed by atoms with Crippen molar-refractivity contribution in [3.05, 3.63) is 42.1 Å². The number of carbonyl (C=O) groups excluding carboxylic acids is 1. The highest BCUT2D eigenvalue weighted by molar-refractivity contribution is 6.04. The van der Waals surface area contributed by atoms with Crippen LogP contribution < -0.4 is 19.7 Å². The molecular formula is C16H17N3O3. The molecular weight excluding hydrogens is 282 g/mol. The van der Waals surface area contributed by atoms with Gasteiger partial charge < -0.3 is 19.7 Å². The van der Waals surface area contributed by atoms with Crippen molar-refractivity contribution in [2.75, 3.05) is 37.5 Å². The fourth-order valence-electron chi connectivity index (χ4n) is 2.11. The predicted molar refractivity (Wildman–Crippen MR) is 83.9 cm³/mol. The zero-order valence-corrected chi connectivity index (χ0v) is 12.5. The Bertz CT molecular complexity index is 684. The van der Waals surface area contributed by atoms with Crippen molar-refractivity contribution in [2.24, 2.45) is 0 Å². The third-order valence-corrected chi connectivity index (χ3v) is 3.27. The normalized spacial score (nSPS) is 12.6. The van der Waals surface area contributed by atoms with Crippen molar-refractivity contribution >= 4 is 17.4 Å². The third kappa shape index (κ3) is 2.95. The van der Waals surface area contributed by atoms with Crippen molar-refractivity contribution in [3.63, 3.8) is 0 Å². The molecule has 0 radical (unpaired) electrons. The molecule has 0 atom stereocenters. The van der Waals surface area contributed by atoms with E-state index < -0.39 is 0 Å². The van der Waals surface area contributed by atoms with E-state index in [2.05, 4.69) is 10.3 Å². The standard InChI is InChI=1S/C16H17N3O3/c1-19(2)15-6-4-12(10-17-15)18-16(20)11-3-5-13-14(9-11)22-8-7-21-13/h3-6,9-10H,7-8H2,1-2H3,(H,18,20). The number of hydrogen-bond donors (Lipinski definition) is 1. The fraction of sp³-hybridized carbons (Fsp3) is 0.250. The van der Waals surface area contributed by atoms with Crippen LogP contribution in [0.1, 0.15) is 10.4 Å². The molecule has 0 saturated carbocycles. The number of nitrogens with one attached hydrogen (secondary N) is 1. The summed E-state index contributed by atoms with van der Waals surface area (Å²) in [5.74, 6) is 1.88. The molecule has 1 N–H and O–H groups in total. The van der Waals surface area contributed by atoms with Gasteiger partial charge in [0.05, 0.1) is 11.9 Å². The van der Waals surface area contributed by atoms with E-state index in [1.54, 1.807) is 24.4 Å². The number of fused-ring (bicyclic) bond motifs is 1. The monoisotopic (exact) mass is 299 g/mol. The summed E-state index contributed by atoms with van der Waals surface area (Å²) >= 11 is 0. The summed E-state index contributed by atoms with van der Waals surface area (Å²) in [7, 11) is 3.82. The highest BCUT2D eigenvalue weighted by atomic mass is 16.6. The summed E-state index contributed by atoms with van der Waals surface area (Å²) in [6, 6.07) is 8.81. The van der Waals surface area contributed by atoms with Crippen LogP contribution in [0.3, 0.4) is 0 Å². The maximum Gasteiger partial charge on any atom is 0.255 e. The van der Waals surface area contributed by atoms with E-state index in [0.717, 1.165) is 5.82 Å². The van der Waals surface area contributed by atoms with Crippen LogP contribution in [0.5, 0.6) is 11.5 Å². The lowest BCUT2D eigenvalue weighted by Gasteiger charge is -2.18. The Kier molecular flexibility index (Phi) is 3.82. The minimum Gasteiger partial charge on any atom is -0.486 e. The van der Waals surface area contributed by atoms with Gasteiger partial charge in [0.15, 0.2) is 11.5 Å². The molecule has 1 amide bonds. The molecule has 2 heterocycles. The van der Waals surface area contributed by atoms with Crippen molar-refractivity contribution in [1.82, 2.24) is 4.98 Å². The Morgan fingerprint density at radius 3 is 2.59 bits per heavy atom. The topological polar surface area (TPSA) is 63.7 Å². The van der Waals surface area contributed by atoms with Gasteiger partial charge in [-0.05, 0) is 30.3 Å². The summed E-state index contributed by atoms with van der Waals surface area (Å²) in [4.78, 5) is 18.4. The van der Waals surface area contributed by atoms with Crippen LogP contribution in [0.25, 0.3) is 0 Å². The molecule has 6 heteroatoms. The van der Waals surface area contributed by atoms with Crippen LogP contribution in [0, 0.1) is 0 Å². The number of benzene rings is 1. The second-order valence-corrected chi connectivity index (χ2v) is 5.11. The number of rotatable bonds is 3. The zero-order chi connectivity index (χ0) is 15.5. The van der Waals surface area contributed by atoms with Crippen LogP contribution in [0.2, 0.25) is 0 Å². The van der Waals surface area contributed by atoms with Crippen LogP contribution in [-0.2, 0) is 0 Å². The molecule has 3 rings (SSSR count). The van der Waals surface area contributed by atoms with Gasteiger partial charge >= 0.3 is 0 Å². The first kappa shape index (κ1) is 14.2. The van der Waals surface area contributed by atoms with E-state index in [-0.39, 0.29) is 5.91 Å². The Morgan fingerprint density at radius 2 is 1.91 bits per heavy atom. The van der Waals surface area contributed by atoms with Crippen LogP contribution in [0.15, 0.2) is 36.5 Å². The number of aromatic nitrogens is 1. The summed E-state index contributed by atoms with van der Waals surface area (Å²) in [5.41, 5.74) is 1.16. The van der Waals surface area contributed by atoms with Gasteiger partial charge in [-0.1, -0.05) is 0 Å². The van der Waals surface area contributed by atoms with E-state index in [1.807, 2.05) is 31.1 Å². The van der Waals surface area contributed by atoms with Gasteiger partial charge in [-0.25, -0.2) is 4.98 Å². The predicted octanol–water partition coefficient (Wildman–Crippen LogP) is 2.17. The molecule has 0 unspecified atom stereocenters. The molecule has 1 aliphatic heterocycles. The van der Waals surface area contributed by atoms with Gasteiger partial charge in [-0.15, -0.1) is 0 Å². The number of carbonyl (C=O) groups is 1. The smallest absolute Gasteiger partial charge is 0.255 e. The highest BCUT2D eigenvalue weighted by Gasteiger charge is 2.15. The number of anilines is 2. The van der Waals surface area contributed by atoms with Crippen molar-refractivity contribution in [3.8, 4) is 11.5 Å². The summed E-state index contributed by atoms with van der Waals surface area (Å²) in [6.07, 6.45) is 1.63. The molecule has 22 heavy (non-hydrogen) atoms. The second kappa shape index (κ2) is 5.93. The third-order valence-electron chi connectivity index (χ3n) is 3.27.